The third-order valence-electron chi connectivity index (χ3n) is 5.58. The van der Waals surface area contributed by atoms with Gasteiger partial charge in [0.05, 0.1) is 13.2 Å². The standard InChI is InChI=1S/C22H29N3O4/c1-22(2,3)28-21(26)24-10-11-25-16(14-24)8-9-19(25)18-13-20(29-23-18)15-6-5-7-17(12-15)27-4/h5-7,12-13,16,19H,8-11,14H2,1-4H3/t16-,19+/m0/s1. The van der Waals surface area contributed by atoms with Crippen molar-refractivity contribution in [1.82, 2.24) is 15.0 Å². The Kier molecular flexibility index (Phi) is 5.25. The fourth-order valence-corrected chi connectivity index (χ4v) is 4.22. The molecular weight excluding hydrogens is 370 g/mol. The van der Waals surface area contributed by atoms with Crippen LogP contribution in [0.1, 0.15) is 45.3 Å². The van der Waals surface area contributed by atoms with E-state index in [0.29, 0.717) is 19.1 Å². The summed E-state index contributed by atoms with van der Waals surface area (Å²) in [4.78, 5) is 16.7. The number of methoxy groups -OCH3 is 1. The van der Waals surface area contributed by atoms with Gasteiger partial charge in [-0.15, -0.1) is 0 Å². The van der Waals surface area contributed by atoms with Gasteiger partial charge in [0, 0.05) is 37.3 Å². The molecule has 1 aromatic carbocycles. The van der Waals surface area contributed by atoms with Crippen LogP contribution in [-0.4, -0.2) is 59.4 Å². The first kappa shape index (κ1) is 19.8. The molecular formula is C22H29N3O4. The first-order chi connectivity index (χ1) is 13.8. The predicted octanol–water partition coefficient (Wildman–Crippen LogP) is 4.11. The van der Waals surface area contributed by atoms with Crippen LogP contribution < -0.4 is 4.74 Å². The molecule has 156 valence electrons. The van der Waals surface area contributed by atoms with Crippen molar-refractivity contribution in [3.63, 3.8) is 0 Å². The first-order valence-corrected chi connectivity index (χ1v) is 10.2. The Hall–Kier alpha value is -2.54. The van der Waals surface area contributed by atoms with E-state index in [1.54, 1.807) is 7.11 Å². The van der Waals surface area contributed by atoms with Crippen LogP contribution in [0.25, 0.3) is 11.3 Å². The van der Waals surface area contributed by atoms with Crippen LogP contribution in [0.3, 0.4) is 0 Å². The second-order valence-electron chi connectivity index (χ2n) is 8.76. The van der Waals surface area contributed by atoms with Gasteiger partial charge in [0.25, 0.3) is 0 Å². The van der Waals surface area contributed by atoms with Gasteiger partial charge in [-0.3, -0.25) is 4.90 Å². The summed E-state index contributed by atoms with van der Waals surface area (Å²) in [7, 11) is 1.65. The molecule has 7 heteroatoms. The summed E-state index contributed by atoms with van der Waals surface area (Å²) < 4.78 is 16.5. The number of rotatable bonds is 3. The Morgan fingerprint density at radius 1 is 1.21 bits per heavy atom. The third-order valence-corrected chi connectivity index (χ3v) is 5.58. The minimum absolute atomic E-state index is 0.220. The summed E-state index contributed by atoms with van der Waals surface area (Å²) >= 11 is 0. The van der Waals surface area contributed by atoms with Crippen molar-refractivity contribution in [2.45, 2.75) is 51.3 Å². The summed E-state index contributed by atoms with van der Waals surface area (Å²) in [5.74, 6) is 1.54. The van der Waals surface area contributed by atoms with Crippen molar-refractivity contribution in [3.8, 4) is 17.1 Å². The maximum Gasteiger partial charge on any atom is 0.410 e. The lowest BCUT2D eigenvalue weighted by atomic mass is 10.1. The average Bonchev–Trinajstić information content (AvgIpc) is 3.33. The Morgan fingerprint density at radius 2 is 2.03 bits per heavy atom. The maximum absolute atomic E-state index is 12.4. The maximum atomic E-state index is 12.4. The Balaban J connectivity index is 1.44. The van der Waals surface area contributed by atoms with Gasteiger partial charge in [0.1, 0.15) is 17.0 Å². The van der Waals surface area contributed by atoms with E-state index in [0.717, 1.165) is 42.2 Å². The monoisotopic (exact) mass is 399 g/mol. The lowest BCUT2D eigenvalue weighted by Crippen LogP contribution is -2.53. The molecule has 0 unspecified atom stereocenters. The van der Waals surface area contributed by atoms with Crippen molar-refractivity contribution >= 4 is 6.09 Å². The SMILES string of the molecule is COc1cccc(-c2cc([C@H]3CC[C@H]4CN(C(=O)OC(C)(C)C)CCN43)no2)c1. The van der Waals surface area contributed by atoms with Crippen LogP contribution in [0.15, 0.2) is 34.9 Å². The molecule has 2 saturated heterocycles. The zero-order valence-electron chi connectivity index (χ0n) is 17.6. The molecule has 0 bridgehead atoms. The third kappa shape index (κ3) is 4.24. The van der Waals surface area contributed by atoms with E-state index in [-0.39, 0.29) is 12.1 Å². The summed E-state index contributed by atoms with van der Waals surface area (Å²) in [5.41, 5.74) is 1.44. The molecule has 2 aromatic rings. The summed E-state index contributed by atoms with van der Waals surface area (Å²) in [5, 5.41) is 4.36. The number of aromatic nitrogens is 1. The van der Waals surface area contributed by atoms with Crippen molar-refractivity contribution in [1.29, 1.82) is 0 Å². The number of amides is 1. The minimum atomic E-state index is -0.469. The van der Waals surface area contributed by atoms with Crippen molar-refractivity contribution in [2.24, 2.45) is 0 Å². The molecule has 1 aromatic heterocycles. The van der Waals surface area contributed by atoms with E-state index >= 15 is 0 Å². The second-order valence-corrected chi connectivity index (χ2v) is 8.76. The molecule has 2 aliphatic heterocycles. The summed E-state index contributed by atoms with van der Waals surface area (Å²) in [6.07, 6.45) is 1.82. The van der Waals surface area contributed by atoms with Crippen LogP contribution in [0, 0.1) is 0 Å². The van der Waals surface area contributed by atoms with Crippen molar-refractivity contribution in [3.05, 3.63) is 36.0 Å². The average molecular weight is 399 g/mol. The van der Waals surface area contributed by atoms with Crippen LogP contribution in [0.4, 0.5) is 4.79 Å². The van der Waals surface area contributed by atoms with Crippen LogP contribution in [0.5, 0.6) is 5.75 Å². The number of piperazine rings is 1. The van der Waals surface area contributed by atoms with Crippen LogP contribution in [0.2, 0.25) is 0 Å². The molecule has 0 spiro atoms. The summed E-state index contributed by atoms with van der Waals surface area (Å²) in [6, 6.07) is 10.4. The normalized spacial score (nSPS) is 22.4. The Morgan fingerprint density at radius 3 is 2.79 bits per heavy atom. The number of carbonyl (C=O) groups excluding carboxylic acids is 1. The van der Waals surface area contributed by atoms with Crippen molar-refractivity contribution < 1.29 is 18.8 Å². The lowest BCUT2D eigenvalue weighted by Gasteiger charge is -2.39. The molecule has 4 rings (SSSR count). The highest BCUT2D eigenvalue weighted by molar-refractivity contribution is 5.68. The fraction of sp³-hybridized carbons (Fsp3) is 0.545. The molecule has 2 aliphatic rings. The number of fused-ring (bicyclic) bond motifs is 1. The molecule has 0 radical (unpaired) electrons. The van der Waals surface area contributed by atoms with Gasteiger partial charge in [0.15, 0.2) is 5.76 Å². The van der Waals surface area contributed by atoms with Gasteiger partial charge in [-0.05, 0) is 45.7 Å². The number of hydrogen-bond donors (Lipinski definition) is 0. The molecule has 29 heavy (non-hydrogen) atoms. The first-order valence-electron chi connectivity index (χ1n) is 10.2. The van der Waals surface area contributed by atoms with E-state index in [2.05, 4.69) is 10.1 Å². The van der Waals surface area contributed by atoms with E-state index in [4.69, 9.17) is 14.0 Å². The lowest BCUT2D eigenvalue weighted by molar-refractivity contribution is 0.00464. The van der Waals surface area contributed by atoms with Gasteiger partial charge in [0.2, 0.25) is 0 Å². The molecule has 3 heterocycles. The molecule has 2 atom stereocenters. The Labute approximate surface area is 171 Å². The number of benzene rings is 1. The zero-order chi connectivity index (χ0) is 20.6. The number of carbonyl (C=O) groups is 1. The smallest absolute Gasteiger partial charge is 0.410 e. The number of hydrogen-bond acceptors (Lipinski definition) is 6. The molecule has 0 saturated carbocycles. The van der Waals surface area contributed by atoms with E-state index in [1.165, 1.54) is 0 Å². The van der Waals surface area contributed by atoms with E-state index in [9.17, 15) is 4.79 Å². The van der Waals surface area contributed by atoms with Gasteiger partial charge in [-0.2, -0.15) is 0 Å². The van der Waals surface area contributed by atoms with Crippen LogP contribution >= 0.6 is 0 Å². The number of nitrogens with zero attached hydrogens (tertiary/aromatic N) is 3. The fourth-order valence-electron chi connectivity index (χ4n) is 4.22. The molecule has 2 fully saturated rings. The number of ether oxygens (including phenoxy) is 2. The molecule has 7 nitrogen and oxygen atoms in total. The summed E-state index contributed by atoms with van der Waals surface area (Å²) in [6.45, 7) is 7.89. The minimum Gasteiger partial charge on any atom is -0.497 e. The van der Waals surface area contributed by atoms with E-state index < -0.39 is 5.60 Å². The zero-order valence-corrected chi connectivity index (χ0v) is 17.6. The Bertz CT molecular complexity index is 873. The highest BCUT2D eigenvalue weighted by Crippen LogP contribution is 2.39. The highest BCUT2D eigenvalue weighted by atomic mass is 16.6. The quantitative estimate of drug-likeness (QED) is 0.774. The largest absolute Gasteiger partial charge is 0.497 e. The van der Waals surface area contributed by atoms with E-state index in [1.807, 2.05) is 56.0 Å². The molecule has 1 amide bonds. The topological polar surface area (TPSA) is 68.0 Å². The second kappa shape index (κ2) is 7.71. The predicted molar refractivity (Wildman–Crippen MR) is 109 cm³/mol. The van der Waals surface area contributed by atoms with Gasteiger partial charge in [-0.1, -0.05) is 17.3 Å². The van der Waals surface area contributed by atoms with Crippen LogP contribution in [-0.2, 0) is 4.74 Å². The highest BCUT2D eigenvalue weighted by Gasteiger charge is 2.41. The molecule has 0 aliphatic carbocycles. The van der Waals surface area contributed by atoms with Gasteiger partial charge in [-0.25, -0.2) is 4.79 Å². The van der Waals surface area contributed by atoms with Gasteiger partial charge < -0.3 is 18.9 Å². The van der Waals surface area contributed by atoms with Crippen molar-refractivity contribution in [2.75, 3.05) is 26.7 Å². The molecule has 0 N–H and O–H groups in total. The van der Waals surface area contributed by atoms with Gasteiger partial charge >= 0.3 is 6.09 Å².